The van der Waals surface area contributed by atoms with Crippen LogP contribution in [0.2, 0.25) is 0 Å². The van der Waals surface area contributed by atoms with Gasteiger partial charge in [0.1, 0.15) is 19.3 Å². The molecule has 0 spiro atoms. The molecule has 3 unspecified atom stereocenters. The molecule has 0 rings (SSSR count). The second kappa shape index (κ2) is 67.3. The van der Waals surface area contributed by atoms with Crippen LogP contribution in [0.5, 0.6) is 0 Å². The second-order valence-electron chi connectivity index (χ2n) is 25.7. The van der Waals surface area contributed by atoms with E-state index in [9.17, 15) is 19.0 Å². The van der Waals surface area contributed by atoms with Gasteiger partial charge in [0.15, 0.2) is 0 Å². The molecule has 89 heavy (non-hydrogen) atoms. The summed E-state index contributed by atoms with van der Waals surface area (Å²) in [5, 5.41) is 3.04. The fraction of sp³-hybridized carbons (Fsp3) is 0.722. The highest BCUT2D eigenvalue weighted by Gasteiger charge is 2.27. The number of nitrogens with zero attached hydrogens (tertiary/aromatic N) is 1. The second-order valence-corrected chi connectivity index (χ2v) is 27.1. The average Bonchev–Trinajstić information content (AvgIpc) is 3.63. The van der Waals surface area contributed by atoms with Crippen molar-refractivity contribution in [2.24, 2.45) is 0 Å². The third kappa shape index (κ3) is 68.6. The maximum absolute atomic E-state index is 13.6. The number of ether oxygens (including phenoxy) is 1. The van der Waals surface area contributed by atoms with Crippen LogP contribution in [0.4, 0.5) is 0 Å². The number of likely N-dealkylation sites (N-methyl/N-ethyl adjacent to an activating group) is 1. The molecule has 0 aromatic rings. The van der Waals surface area contributed by atoms with E-state index < -0.39 is 26.6 Å². The molecule has 0 saturated heterocycles. The maximum Gasteiger partial charge on any atom is 0.306 e. The van der Waals surface area contributed by atoms with Gasteiger partial charge >= 0.3 is 5.97 Å². The minimum atomic E-state index is -4.72. The summed E-state index contributed by atoms with van der Waals surface area (Å²) in [7, 11) is 1.17. The summed E-state index contributed by atoms with van der Waals surface area (Å²) < 4.78 is 30.5. The largest absolute Gasteiger partial charge is 0.756 e. The van der Waals surface area contributed by atoms with Crippen molar-refractivity contribution in [3.8, 4) is 0 Å². The van der Waals surface area contributed by atoms with Crippen molar-refractivity contribution in [1.82, 2.24) is 5.32 Å². The SMILES string of the molecule is CC/C=C\C/C=C\C/C=C\C/C=C\C/C=C\CCCCCCCCCCCCCC(=O)OC(/C=C/CCCCCCCCCCCCC)C(COP(=O)([O-])OCC[N+](C)(C)C)NC(=O)CCCCCCCCC/C=C\C/C=C\C/C=C\C/C=C\CCCCC. The summed E-state index contributed by atoms with van der Waals surface area (Å²) in [5.41, 5.74) is 0. The number of carbonyl (C=O) groups is 2. The van der Waals surface area contributed by atoms with E-state index in [2.05, 4.69) is 135 Å². The number of hydrogen-bond donors (Lipinski definition) is 1. The number of hydrogen-bond acceptors (Lipinski definition) is 7. The Balaban J connectivity index is 5.11. The summed E-state index contributed by atoms with van der Waals surface area (Å²) >= 11 is 0. The Morgan fingerprint density at radius 3 is 1.10 bits per heavy atom. The van der Waals surface area contributed by atoms with Crippen molar-refractivity contribution in [3.63, 3.8) is 0 Å². The molecule has 0 saturated carbocycles. The first-order chi connectivity index (χ1) is 43.4. The molecule has 0 aliphatic heterocycles. The monoisotopic (exact) mass is 1260 g/mol. The molecular weight excluding hydrogens is 1120 g/mol. The van der Waals surface area contributed by atoms with Crippen molar-refractivity contribution in [3.05, 3.63) is 122 Å². The summed E-state index contributed by atoms with van der Waals surface area (Å²) in [6.45, 7) is 6.71. The van der Waals surface area contributed by atoms with Crippen molar-refractivity contribution in [2.45, 2.75) is 328 Å². The third-order valence-corrected chi connectivity index (χ3v) is 16.8. The van der Waals surface area contributed by atoms with Crippen LogP contribution in [-0.4, -0.2) is 69.4 Å². The Morgan fingerprint density at radius 2 is 0.719 bits per heavy atom. The van der Waals surface area contributed by atoms with Crippen molar-refractivity contribution in [2.75, 3.05) is 40.9 Å². The molecule has 0 aliphatic rings. The molecule has 1 amide bonds. The van der Waals surface area contributed by atoms with Gasteiger partial charge < -0.3 is 28.5 Å². The highest BCUT2D eigenvalue weighted by Crippen LogP contribution is 2.38. The summed E-state index contributed by atoms with van der Waals surface area (Å²) in [6.07, 6.45) is 94.6. The highest BCUT2D eigenvalue weighted by atomic mass is 31.2. The number of amides is 1. The first kappa shape index (κ1) is 85.4. The highest BCUT2D eigenvalue weighted by molar-refractivity contribution is 7.45. The van der Waals surface area contributed by atoms with Crippen LogP contribution in [-0.2, 0) is 27.9 Å². The number of nitrogens with one attached hydrogen (secondary N) is 1. The average molecular weight is 1260 g/mol. The van der Waals surface area contributed by atoms with Gasteiger partial charge in [0.2, 0.25) is 5.91 Å². The lowest BCUT2D eigenvalue weighted by Crippen LogP contribution is -2.47. The summed E-state index contributed by atoms with van der Waals surface area (Å²) in [5.74, 6) is -0.556. The summed E-state index contributed by atoms with van der Waals surface area (Å²) in [4.78, 5) is 40.3. The van der Waals surface area contributed by atoms with E-state index in [1.165, 1.54) is 148 Å². The third-order valence-electron chi connectivity index (χ3n) is 15.9. The van der Waals surface area contributed by atoms with E-state index in [4.69, 9.17) is 13.8 Å². The van der Waals surface area contributed by atoms with Gasteiger partial charge in [0, 0.05) is 12.8 Å². The number of phosphoric acid groups is 1. The quantitative estimate of drug-likeness (QED) is 0.0212. The molecule has 0 fully saturated rings. The van der Waals surface area contributed by atoms with E-state index in [0.29, 0.717) is 17.4 Å². The van der Waals surface area contributed by atoms with E-state index in [0.717, 1.165) is 135 Å². The Bertz CT molecular complexity index is 1940. The van der Waals surface area contributed by atoms with Crippen LogP contribution in [0.15, 0.2) is 122 Å². The maximum atomic E-state index is 13.6. The molecule has 0 aromatic carbocycles. The molecule has 0 bridgehead atoms. The van der Waals surface area contributed by atoms with E-state index in [1.54, 1.807) is 0 Å². The fourth-order valence-corrected chi connectivity index (χ4v) is 11.0. The smallest absolute Gasteiger partial charge is 0.306 e. The van der Waals surface area contributed by atoms with Gasteiger partial charge in [-0.1, -0.05) is 303 Å². The Kier molecular flexibility index (Phi) is 64.6. The van der Waals surface area contributed by atoms with Gasteiger partial charge in [-0.05, 0) is 122 Å². The van der Waals surface area contributed by atoms with Crippen LogP contribution in [0.25, 0.3) is 0 Å². The predicted molar refractivity (Wildman–Crippen MR) is 385 cm³/mol. The standard InChI is InChI=1S/C79H139N2O7P/c1-7-10-13-16-19-22-25-28-30-32-34-36-38-39-40-41-43-45-47-49-51-54-57-60-63-66-69-72-79(83)88-77(70-67-64-61-58-55-52-27-24-21-18-15-12-9-3)76(75-87-89(84,85)86-74-73-81(4,5)6)80-78(82)71-68-65-62-59-56-53-50-48-46-44-42-37-35-33-31-29-26-23-20-17-14-11-8-2/h10,13,19-20,22-23,28-31,34-37,39-40,44,46,67,70,76-77H,7-9,11-12,14-18,21,24-27,32-33,38,41-43,45,47-66,68-69,71-75H2,1-6H3,(H-,80,82,84,85)/b13-10-,22-19-,23-20-,30-28-,31-29-,36-34-,37-35-,40-39-,46-44-,70-67+. The van der Waals surface area contributed by atoms with Gasteiger partial charge in [-0.25, -0.2) is 0 Å². The normalized spacial score (nSPS) is 14.2. The number of quaternary nitrogens is 1. The fourth-order valence-electron chi connectivity index (χ4n) is 10.2. The molecule has 9 nitrogen and oxygen atoms in total. The zero-order valence-electron chi connectivity index (χ0n) is 58.6. The minimum absolute atomic E-state index is 0.0303. The van der Waals surface area contributed by atoms with Crippen LogP contribution < -0.4 is 10.2 Å². The molecular formula is C79H139N2O7P. The summed E-state index contributed by atoms with van der Waals surface area (Å²) in [6, 6.07) is -0.905. The van der Waals surface area contributed by atoms with Gasteiger partial charge in [0.25, 0.3) is 7.82 Å². The van der Waals surface area contributed by atoms with Gasteiger partial charge in [-0.15, -0.1) is 0 Å². The van der Waals surface area contributed by atoms with Gasteiger partial charge in [-0.2, -0.15) is 0 Å². The van der Waals surface area contributed by atoms with Crippen LogP contribution in [0.3, 0.4) is 0 Å². The molecule has 512 valence electrons. The number of esters is 1. The van der Waals surface area contributed by atoms with Crippen molar-refractivity contribution in [1.29, 1.82) is 0 Å². The zero-order valence-corrected chi connectivity index (χ0v) is 59.5. The lowest BCUT2D eigenvalue weighted by molar-refractivity contribution is -0.870. The molecule has 0 heterocycles. The molecule has 1 N–H and O–H groups in total. The Labute approximate surface area is 550 Å². The van der Waals surface area contributed by atoms with E-state index in [1.807, 2.05) is 33.3 Å². The van der Waals surface area contributed by atoms with Crippen molar-refractivity contribution >= 4 is 19.7 Å². The first-order valence-corrected chi connectivity index (χ1v) is 38.3. The number of phosphoric ester groups is 1. The number of allylic oxidation sites excluding steroid dienone is 19. The molecule has 10 heteroatoms. The van der Waals surface area contributed by atoms with Crippen LogP contribution in [0.1, 0.15) is 316 Å². The predicted octanol–water partition coefficient (Wildman–Crippen LogP) is 23.2. The number of carbonyl (C=O) groups excluding carboxylic acids is 2. The minimum Gasteiger partial charge on any atom is -0.756 e. The van der Waals surface area contributed by atoms with E-state index in [-0.39, 0.29) is 24.9 Å². The molecule has 0 radical (unpaired) electrons. The number of rotatable bonds is 66. The molecule has 0 aliphatic carbocycles. The number of unbranched alkanes of at least 4 members (excludes halogenated alkanes) is 32. The molecule has 3 atom stereocenters. The Hall–Kier alpha value is -3.59. The van der Waals surface area contributed by atoms with Crippen LogP contribution in [0, 0.1) is 0 Å². The molecule has 0 aromatic heterocycles. The van der Waals surface area contributed by atoms with Gasteiger partial charge in [0.05, 0.1) is 33.8 Å². The van der Waals surface area contributed by atoms with Crippen molar-refractivity contribution < 1.29 is 37.3 Å². The van der Waals surface area contributed by atoms with E-state index >= 15 is 0 Å². The lowest BCUT2D eigenvalue weighted by atomic mass is 10.0. The zero-order chi connectivity index (χ0) is 64.9. The first-order valence-electron chi connectivity index (χ1n) is 36.8. The van der Waals surface area contributed by atoms with Crippen LogP contribution >= 0.6 is 7.82 Å². The Morgan fingerprint density at radius 1 is 0.404 bits per heavy atom. The topological polar surface area (TPSA) is 114 Å². The van der Waals surface area contributed by atoms with Gasteiger partial charge in [-0.3, -0.25) is 14.2 Å². The lowest BCUT2D eigenvalue weighted by Gasteiger charge is -2.30.